The van der Waals surface area contributed by atoms with Crippen LogP contribution in [0.3, 0.4) is 0 Å². The van der Waals surface area contributed by atoms with Gasteiger partial charge in [0, 0.05) is 17.5 Å². The van der Waals surface area contributed by atoms with E-state index in [9.17, 15) is 33.0 Å². The molecule has 1 aliphatic carbocycles. The SMILES string of the molecule is C[C@H](N[C@@H](COCc1ccc(CNS(=O)(=O)c2cc3c(cc2Cl)NC(CCl)NS3)cc1)C(=O)O)C(=O)N1[C@@H]2CCCC[C@@H]2C[C@H]1C(=O)O. The zero-order valence-corrected chi connectivity index (χ0v) is 29.3. The molecule has 0 spiro atoms. The molecule has 2 fully saturated rings. The van der Waals surface area contributed by atoms with Gasteiger partial charge >= 0.3 is 11.9 Å². The molecule has 5 rings (SSSR count). The van der Waals surface area contributed by atoms with Crippen LogP contribution in [0.15, 0.2) is 46.2 Å². The Morgan fingerprint density at radius 2 is 1.83 bits per heavy atom. The number of fused-ring (bicyclic) bond motifs is 2. The lowest BCUT2D eigenvalue weighted by Gasteiger charge is -2.35. The molecule has 1 saturated heterocycles. The van der Waals surface area contributed by atoms with E-state index in [2.05, 4.69) is 20.1 Å². The van der Waals surface area contributed by atoms with E-state index in [0.29, 0.717) is 28.4 Å². The first kappa shape index (κ1) is 36.6. The number of alkyl halides is 1. The summed E-state index contributed by atoms with van der Waals surface area (Å²) in [5.41, 5.74) is 2.09. The topological polar surface area (TPSA) is 186 Å². The molecule has 2 aliphatic heterocycles. The third kappa shape index (κ3) is 8.56. The zero-order valence-electron chi connectivity index (χ0n) is 26.2. The number of carboxylic acids is 2. The van der Waals surface area contributed by atoms with E-state index in [-0.39, 0.29) is 47.8 Å². The number of amides is 1. The fraction of sp³-hybridized carbons (Fsp3) is 0.516. The highest BCUT2D eigenvalue weighted by molar-refractivity contribution is 7.97. The van der Waals surface area contributed by atoms with Crippen LogP contribution in [0.1, 0.15) is 50.2 Å². The van der Waals surface area contributed by atoms with Crippen molar-refractivity contribution in [2.45, 2.75) is 92.3 Å². The van der Waals surface area contributed by atoms with Crippen molar-refractivity contribution in [3.05, 3.63) is 52.5 Å². The highest BCUT2D eigenvalue weighted by Gasteiger charge is 2.48. The molecule has 2 aromatic carbocycles. The number of rotatable bonds is 14. The van der Waals surface area contributed by atoms with Gasteiger partial charge in [0.05, 0.1) is 35.8 Å². The summed E-state index contributed by atoms with van der Waals surface area (Å²) in [5.74, 6) is -2.20. The van der Waals surface area contributed by atoms with Gasteiger partial charge in [0.2, 0.25) is 15.9 Å². The third-order valence-electron chi connectivity index (χ3n) is 8.91. The number of aliphatic carboxylic acids is 2. The summed E-state index contributed by atoms with van der Waals surface area (Å²) in [6, 6.07) is 6.82. The van der Waals surface area contributed by atoms with Gasteiger partial charge in [-0.3, -0.25) is 14.9 Å². The second kappa shape index (κ2) is 15.9. The van der Waals surface area contributed by atoms with Crippen LogP contribution in [0.25, 0.3) is 0 Å². The monoisotopic (exact) mass is 743 g/mol. The van der Waals surface area contributed by atoms with Gasteiger partial charge in [0.15, 0.2) is 0 Å². The summed E-state index contributed by atoms with van der Waals surface area (Å²) in [6.07, 6.45) is 3.82. The van der Waals surface area contributed by atoms with Crippen molar-refractivity contribution in [3.8, 4) is 0 Å². The number of likely N-dealkylation sites (tertiary alicyclic amines) is 1. The number of anilines is 1. The number of sulfonamides is 1. The van der Waals surface area contributed by atoms with Crippen molar-refractivity contribution >= 4 is 68.7 Å². The Bertz CT molecular complexity index is 1620. The van der Waals surface area contributed by atoms with Crippen LogP contribution < -0.4 is 20.1 Å². The van der Waals surface area contributed by atoms with Crippen molar-refractivity contribution in [3.63, 3.8) is 0 Å². The number of nitrogens with one attached hydrogen (secondary N) is 4. The highest BCUT2D eigenvalue weighted by atomic mass is 35.5. The number of ether oxygens (including phenoxy) is 1. The lowest BCUT2D eigenvalue weighted by molar-refractivity contribution is -0.151. The Balaban J connectivity index is 1.12. The summed E-state index contributed by atoms with van der Waals surface area (Å²) in [6.45, 7) is 1.39. The second-order valence-electron chi connectivity index (χ2n) is 12.2. The molecule has 1 saturated carbocycles. The van der Waals surface area contributed by atoms with Crippen molar-refractivity contribution in [2.24, 2.45) is 5.92 Å². The largest absolute Gasteiger partial charge is 0.480 e. The number of hydrogen-bond donors (Lipinski definition) is 6. The van der Waals surface area contributed by atoms with Crippen LogP contribution in [-0.2, 0) is 42.3 Å². The smallest absolute Gasteiger partial charge is 0.326 e. The van der Waals surface area contributed by atoms with E-state index in [0.717, 1.165) is 31.2 Å². The number of carbonyl (C=O) groups is 3. The second-order valence-corrected chi connectivity index (χ2v) is 15.6. The van der Waals surface area contributed by atoms with Crippen LogP contribution in [0, 0.1) is 5.92 Å². The molecule has 1 unspecified atom stereocenters. The molecule has 6 N–H and O–H groups in total. The van der Waals surface area contributed by atoms with Gasteiger partial charge in [-0.05, 0) is 67.3 Å². The van der Waals surface area contributed by atoms with Gasteiger partial charge in [-0.1, -0.05) is 48.7 Å². The molecule has 0 bridgehead atoms. The number of carboxylic acid groups (broad SMARTS) is 2. The number of benzene rings is 2. The average Bonchev–Trinajstić information content (AvgIpc) is 3.46. The van der Waals surface area contributed by atoms with E-state index < -0.39 is 46.0 Å². The minimum absolute atomic E-state index is 0.00707. The first-order valence-electron chi connectivity index (χ1n) is 15.7. The molecular formula is C31H39Cl2N5O8S2. The van der Waals surface area contributed by atoms with Gasteiger partial charge in [-0.2, -0.15) is 0 Å². The molecule has 3 aliphatic rings. The number of hydrogen-bond acceptors (Lipinski definition) is 10. The summed E-state index contributed by atoms with van der Waals surface area (Å²) >= 11 is 13.5. The van der Waals surface area contributed by atoms with E-state index in [1.54, 1.807) is 37.3 Å². The molecule has 2 aromatic rings. The summed E-state index contributed by atoms with van der Waals surface area (Å²) < 4.78 is 37.5. The Morgan fingerprint density at radius 3 is 2.52 bits per heavy atom. The normalized spacial score (nSPS) is 23.4. The van der Waals surface area contributed by atoms with Crippen LogP contribution in [0.5, 0.6) is 0 Å². The van der Waals surface area contributed by atoms with Crippen molar-refractivity contribution < 1.29 is 37.8 Å². The molecule has 0 radical (unpaired) electrons. The quantitative estimate of drug-likeness (QED) is 0.122. The maximum atomic E-state index is 13.4. The van der Waals surface area contributed by atoms with Crippen LogP contribution in [-0.4, -0.2) is 84.2 Å². The van der Waals surface area contributed by atoms with Crippen molar-refractivity contribution in [1.29, 1.82) is 0 Å². The van der Waals surface area contributed by atoms with E-state index >= 15 is 0 Å². The van der Waals surface area contributed by atoms with E-state index in [1.807, 2.05) is 0 Å². The van der Waals surface area contributed by atoms with Gasteiger partial charge in [-0.15, -0.1) is 11.6 Å². The summed E-state index contributed by atoms with van der Waals surface area (Å²) in [4.78, 5) is 39.4. The van der Waals surface area contributed by atoms with Crippen LogP contribution in [0.2, 0.25) is 5.02 Å². The molecule has 17 heteroatoms. The fourth-order valence-electron chi connectivity index (χ4n) is 6.45. The first-order chi connectivity index (χ1) is 22.9. The first-order valence-corrected chi connectivity index (χ1v) is 18.9. The average molecular weight is 745 g/mol. The van der Waals surface area contributed by atoms with Gasteiger partial charge in [0.1, 0.15) is 23.1 Å². The van der Waals surface area contributed by atoms with Gasteiger partial charge in [-0.25, -0.2) is 22.7 Å². The Labute approximate surface area is 293 Å². The van der Waals surface area contributed by atoms with Crippen LogP contribution >= 0.6 is 35.1 Å². The molecule has 6 atom stereocenters. The maximum Gasteiger partial charge on any atom is 0.326 e. The number of halogens is 2. The summed E-state index contributed by atoms with van der Waals surface area (Å²) in [5, 5.41) is 25.6. The molecular weight excluding hydrogens is 705 g/mol. The Hall–Kier alpha value is -2.63. The zero-order chi connectivity index (χ0) is 34.6. The van der Waals surface area contributed by atoms with Gasteiger partial charge in [0.25, 0.3) is 0 Å². The minimum Gasteiger partial charge on any atom is -0.480 e. The molecule has 48 heavy (non-hydrogen) atoms. The van der Waals surface area contributed by atoms with Gasteiger partial charge < -0.3 is 25.2 Å². The number of nitrogens with zero attached hydrogens (tertiary/aromatic N) is 1. The van der Waals surface area contributed by atoms with Crippen LogP contribution in [0.4, 0.5) is 5.69 Å². The minimum atomic E-state index is -3.94. The Morgan fingerprint density at radius 1 is 1.12 bits per heavy atom. The van der Waals surface area contributed by atoms with E-state index in [1.165, 1.54) is 22.9 Å². The standard InChI is InChI=1S/C31H39Cl2N5O8S2/c1-17(29(39)38-24-5-3-2-4-20(24)10-25(38)31(42)43)35-23(30(40)41)16-46-15-19-8-6-18(7-9-19)14-34-48(44,45)27-12-26-22(11-21(27)33)36-28(13-32)37-47-26/h6-9,11-12,17,20,23-25,28,34-37H,2-5,10,13-16H2,1H3,(H,40,41)(H,42,43)/t17-,20+,23-,24+,25-,28?/m0/s1. The summed E-state index contributed by atoms with van der Waals surface area (Å²) in [7, 11) is -3.94. The van der Waals surface area contributed by atoms with E-state index in [4.69, 9.17) is 27.9 Å². The lowest BCUT2D eigenvalue weighted by atomic mass is 9.84. The maximum absolute atomic E-state index is 13.4. The molecule has 1 amide bonds. The number of carbonyl (C=O) groups excluding carboxylic acids is 1. The molecule has 0 aromatic heterocycles. The fourth-order valence-corrected chi connectivity index (χ4v) is 9.15. The Kier molecular flexibility index (Phi) is 12.2. The van der Waals surface area contributed by atoms with Crippen molar-refractivity contribution in [1.82, 2.24) is 19.7 Å². The molecule has 262 valence electrons. The highest BCUT2D eigenvalue weighted by Crippen LogP contribution is 2.40. The molecule has 2 heterocycles. The molecule has 13 nitrogen and oxygen atoms in total. The lowest BCUT2D eigenvalue weighted by Crippen LogP contribution is -2.56. The third-order valence-corrected chi connectivity index (χ3v) is 12.0. The van der Waals surface area contributed by atoms with Crippen molar-refractivity contribution in [2.75, 3.05) is 17.8 Å². The predicted octanol–water partition coefficient (Wildman–Crippen LogP) is 3.60. The predicted molar refractivity (Wildman–Crippen MR) is 181 cm³/mol.